The van der Waals surface area contributed by atoms with Gasteiger partial charge in [-0.15, -0.1) is 0 Å². The number of carbonyl (C=O) groups is 3. The number of hydrogen-bond acceptors (Lipinski definition) is 4. The lowest BCUT2D eigenvalue weighted by molar-refractivity contribution is -0.137. The molecule has 1 fully saturated rings. The van der Waals surface area contributed by atoms with Crippen molar-refractivity contribution in [2.24, 2.45) is 18.7 Å². The molecular formula is C14H19N3O4. The molecule has 0 aliphatic carbocycles. The molecule has 1 aliphatic rings. The van der Waals surface area contributed by atoms with Crippen molar-refractivity contribution < 1.29 is 19.1 Å². The highest BCUT2D eigenvalue weighted by molar-refractivity contribution is 5.90. The van der Waals surface area contributed by atoms with Gasteiger partial charge in [0, 0.05) is 32.3 Å². The van der Waals surface area contributed by atoms with Gasteiger partial charge in [0.1, 0.15) is 5.69 Å². The van der Waals surface area contributed by atoms with Gasteiger partial charge < -0.3 is 19.9 Å². The third-order valence-electron chi connectivity index (χ3n) is 3.73. The van der Waals surface area contributed by atoms with Gasteiger partial charge in [-0.25, -0.2) is 4.79 Å². The number of likely N-dealkylation sites (tertiary alicyclic amines) is 1. The van der Waals surface area contributed by atoms with Gasteiger partial charge in [0.2, 0.25) is 5.91 Å². The lowest BCUT2D eigenvalue weighted by Gasteiger charge is -2.30. The first-order chi connectivity index (χ1) is 9.99. The van der Waals surface area contributed by atoms with Crippen LogP contribution in [0.2, 0.25) is 0 Å². The Hall–Kier alpha value is -2.31. The van der Waals surface area contributed by atoms with Crippen LogP contribution in [-0.4, -0.2) is 46.9 Å². The Bertz CT molecular complexity index is 544. The van der Waals surface area contributed by atoms with E-state index in [9.17, 15) is 14.4 Å². The maximum absolute atomic E-state index is 12.0. The summed E-state index contributed by atoms with van der Waals surface area (Å²) >= 11 is 0. The van der Waals surface area contributed by atoms with Gasteiger partial charge in [-0.2, -0.15) is 0 Å². The molecule has 0 aromatic carbocycles. The fraction of sp³-hybridized carbons (Fsp3) is 0.500. The minimum absolute atomic E-state index is 0.167. The summed E-state index contributed by atoms with van der Waals surface area (Å²) in [6, 6.07) is 3.36. The number of hydrogen-bond donors (Lipinski definition) is 1. The van der Waals surface area contributed by atoms with Crippen molar-refractivity contribution in [3.05, 3.63) is 24.0 Å². The summed E-state index contributed by atoms with van der Waals surface area (Å²) in [5.41, 5.74) is 5.64. The molecule has 2 rings (SSSR count). The number of amides is 2. The van der Waals surface area contributed by atoms with Crippen LogP contribution in [0.1, 0.15) is 23.3 Å². The number of ether oxygens (including phenoxy) is 1. The quantitative estimate of drug-likeness (QED) is 0.785. The second kappa shape index (κ2) is 6.43. The smallest absolute Gasteiger partial charge is 0.355 e. The summed E-state index contributed by atoms with van der Waals surface area (Å²) < 4.78 is 6.64. The second-order valence-corrected chi connectivity index (χ2v) is 5.14. The average molecular weight is 293 g/mol. The zero-order valence-corrected chi connectivity index (χ0v) is 11.9. The molecule has 0 atom stereocenters. The van der Waals surface area contributed by atoms with E-state index in [2.05, 4.69) is 0 Å². The second-order valence-electron chi connectivity index (χ2n) is 5.14. The Kier molecular flexibility index (Phi) is 4.62. The summed E-state index contributed by atoms with van der Waals surface area (Å²) in [6.45, 7) is 0.646. The largest absolute Gasteiger partial charge is 0.451 e. The van der Waals surface area contributed by atoms with Crippen LogP contribution >= 0.6 is 0 Å². The van der Waals surface area contributed by atoms with Gasteiger partial charge >= 0.3 is 5.97 Å². The lowest BCUT2D eigenvalue weighted by atomic mass is 9.96. The summed E-state index contributed by atoms with van der Waals surface area (Å²) in [5, 5.41) is 0. The predicted octanol–water partition coefficient (Wildman–Crippen LogP) is -0.0942. The molecule has 0 unspecified atom stereocenters. The van der Waals surface area contributed by atoms with Crippen LogP contribution < -0.4 is 5.73 Å². The molecule has 2 amide bonds. The fourth-order valence-corrected chi connectivity index (χ4v) is 2.38. The maximum Gasteiger partial charge on any atom is 0.355 e. The van der Waals surface area contributed by atoms with Crippen LogP contribution in [0.4, 0.5) is 0 Å². The van der Waals surface area contributed by atoms with E-state index in [1.165, 1.54) is 0 Å². The van der Waals surface area contributed by atoms with Crippen LogP contribution in [-0.2, 0) is 21.4 Å². The Morgan fingerprint density at radius 2 is 2.00 bits per heavy atom. The topological polar surface area (TPSA) is 94.6 Å². The van der Waals surface area contributed by atoms with Crippen LogP contribution in [0.15, 0.2) is 18.3 Å². The van der Waals surface area contributed by atoms with E-state index in [-0.39, 0.29) is 24.3 Å². The van der Waals surface area contributed by atoms with Crippen molar-refractivity contribution in [1.29, 1.82) is 0 Å². The molecule has 7 nitrogen and oxygen atoms in total. The maximum atomic E-state index is 12.0. The highest BCUT2D eigenvalue weighted by Gasteiger charge is 2.26. The third-order valence-corrected chi connectivity index (χ3v) is 3.73. The first-order valence-corrected chi connectivity index (χ1v) is 6.84. The fourth-order valence-electron chi connectivity index (χ4n) is 2.38. The van der Waals surface area contributed by atoms with Gasteiger partial charge in [0.25, 0.3) is 5.91 Å². The molecule has 1 aromatic heterocycles. The number of carbonyl (C=O) groups excluding carboxylic acids is 3. The summed E-state index contributed by atoms with van der Waals surface area (Å²) in [6.07, 6.45) is 2.85. The molecule has 0 bridgehead atoms. The number of rotatable bonds is 4. The highest BCUT2D eigenvalue weighted by Crippen LogP contribution is 2.16. The number of esters is 1. The Labute approximate surface area is 122 Å². The molecular weight excluding hydrogens is 274 g/mol. The number of nitrogens with zero attached hydrogens (tertiary/aromatic N) is 2. The van der Waals surface area contributed by atoms with E-state index in [0.29, 0.717) is 31.6 Å². The molecule has 0 saturated carbocycles. The summed E-state index contributed by atoms with van der Waals surface area (Å²) in [7, 11) is 1.73. The molecule has 21 heavy (non-hydrogen) atoms. The summed E-state index contributed by atoms with van der Waals surface area (Å²) in [4.78, 5) is 36.4. The number of primary amides is 1. The predicted molar refractivity (Wildman–Crippen MR) is 74.2 cm³/mol. The first-order valence-electron chi connectivity index (χ1n) is 6.84. The molecule has 114 valence electrons. The summed E-state index contributed by atoms with van der Waals surface area (Å²) in [5.74, 6) is -1.26. The van der Waals surface area contributed by atoms with E-state index >= 15 is 0 Å². The van der Waals surface area contributed by atoms with E-state index in [1.807, 2.05) is 0 Å². The minimum atomic E-state index is -0.525. The molecule has 1 aromatic rings. The van der Waals surface area contributed by atoms with Gasteiger partial charge in [0.15, 0.2) is 6.61 Å². The molecule has 2 N–H and O–H groups in total. The van der Waals surface area contributed by atoms with Crippen molar-refractivity contribution in [3.63, 3.8) is 0 Å². The Balaban J connectivity index is 1.79. The molecule has 2 heterocycles. The zero-order valence-electron chi connectivity index (χ0n) is 11.9. The van der Waals surface area contributed by atoms with E-state index in [1.54, 1.807) is 34.8 Å². The van der Waals surface area contributed by atoms with Crippen molar-refractivity contribution in [1.82, 2.24) is 9.47 Å². The van der Waals surface area contributed by atoms with Crippen LogP contribution in [0.25, 0.3) is 0 Å². The van der Waals surface area contributed by atoms with Crippen molar-refractivity contribution >= 4 is 17.8 Å². The van der Waals surface area contributed by atoms with E-state index < -0.39 is 5.97 Å². The van der Waals surface area contributed by atoms with Crippen molar-refractivity contribution in [3.8, 4) is 0 Å². The normalized spacial score (nSPS) is 15.8. The molecule has 0 spiro atoms. The molecule has 1 saturated heterocycles. The number of aromatic nitrogens is 1. The number of piperidine rings is 1. The Morgan fingerprint density at radius 3 is 2.52 bits per heavy atom. The molecule has 0 radical (unpaired) electrons. The van der Waals surface area contributed by atoms with Crippen molar-refractivity contribution in [2.45, 2.75) is 12.8 Å². The molecule has 1 aliphatic heterocycles. The zero-order chi connectivity index (χ0) is 15.4. The van der Waals surface area contributed by atoms with Crippen LogP contribution in [0, 0.1) is 5.92 Å². The van der Waals surface area contributed by atoms with Gasteiger partial charge in [-0.3, -0.25) is 9.59 Å². The highest BCUT2D eigenvalue weighted by atomic mass is 16.5. The number of nitrogens with two attached hydrogens (primary N) is 1. The van der Waals surface area contributed by atoms with E-state index in [0.717, 1.165) is 0 Å². The van der Waals surface area contributed by atoms with Gasteiger partial charge in [-0.1, -0.05) is 0 Å². The Morgan fingerprint density at radius 1 is 1.33 bits per heavy atom. The van der Waals surface area contributed by atoms with Gasteiger partial charge in [0.05, 0.1) is 0 Å². The first kappa shape index (κ1) is 15.1. The van der Waals surface area contributed by atoms with E-state index in [4.69, 9.17) is 10.5 Å². The van der Waals surface area contributed by atoms with Gasteiger partial charge in [-0.05, 0) is 25.0 Å². The SMILES string of the molecule is Cn1cccc1C(=O)OCC(=O)N1CCC(C(N)=O)CC1. The van der Waals surface area contributed by atoms with Crippen LogP contribution in [0.5, 0.6) is 0 Å². The minimum Gasteiger partial charge on any atom is -0.451 e. The third kappa shape index (κ3) is 3.62. The average Bonchev–Trinajstić information content (AvgIpc) is 2.90. The molecule has 7 heteroatoms. The van der Waals surface area contributed by atoms with Crippen LogP contribution in [0.3, 0.4) is 0 Å². The van der Waals surface area contributed by atoms with Crippen molar-refractivity contribution in [2.75, 3.05) is 19.7 Å². The number of aryl methyl sites for hydroxylation is 1. The monoisotopic (exact) mass is 293 g/mol. The lowest BCUT2D eigenvalue weighted by Crippen LogP contribution is -2.43. The standard InChI is InChI=1S/C14H19N3O4/c1-16-6-2-3-11(16)14(20)21-9-12(18)17-7-4-10(5-8-17)13(15)19/h2-3,6,10H,4-5,7-9H2,1H3,(H2,15,19).